The van der Waals surface area contributed by atoms with E-state index < -0.39 is 0 Å². The third kappa shape index (κ3) is 3.12. The second-order valence-corrected chi connectivity index (χ2v) is 3.21. The molecule has 0 radical (unpaired) electrons. The zero-order valence-corrected chi connectivity index (χ0v) is 8.84. The van der Waals surface area contributed by atoms with Crippen LogP contribution < -0.4 is 0 Å². The standard InChI is InChI=1S/C10H18N2O2/c1-3-14-6-4-5-10-11-8(2)9(7-13)12-10/h13H,3-7H2,1-2H3,(H,11,12). The van der Waals surface area contributed by atoms with Crippen LogP contribution in [0.1, 0.15) is 30.6 Å². The molecule has 0 bridgehead atoms. The van der Waals surface area contributed by atoms with E-state index in [1.807, 2.05) is 13.8 Å². The van der Waals surface area contributed by atoms with Gasteiger partial charge in [-0.2, -0.15) is 0 Å². The highest BCUT2D eigenvalue weighted by Crippen LogP contribution is 2.06. The molecule has 0 fully saturated rings. The monoisotopic (exact) mass is 198 g/mol. The number of nitrogens with one attached hydrogen (secondary N) is 1. The number of aromatic amines is 1. The Bertz CT molecular complexity index is 271. The van der Waals surface area contributed by atoms with Crippen molar-refractivity contribution in [3.8, 4) is 0 Å². The largest absolute Gasteiger partial charge is 0.390 e. The molecule has 1 aromatic heterocycles. The number of hydrogen-bond acceptors (Lipinski definition) is 3. The van der Waals surface area contributed by atoms with Crippen LogP contribution in [0, 0.1) is 6.92 Å². The summed E-state index contributed by atoms with van der Waals surface area (Å²) in [4.78, 5) is 7.41. The van der Waals surface area contributed by atoms with Crippen LogP contribution >= 0.6 is 0 Å². The number of ether oxygens (including phenoxy) is 1. The van der Waals surface area contributed by atoms with Gasteiger partial charge in [0.1, 0.15) is 5.82 Å². The van der Waals surface area contributed by atoms with E-state index in [-0.39, 0.29) is 6.61 Å². The van der Waals surface area contributed by atoms with Gasteiger partial charge in [0.2, 0.25) is 0 Å². The Morgan fingerprint density at radius 1 is 1.50 bits per heavy atom. The van der Waals surface area contributed by atoms with E-state index in [1.165, 1.54) is 0 Å². The molecule has 2 N–H and O–H groups in total. The first-order valence-electron chi connectivity index (χ1n) is 5.01. The van der Waals surface area contributed by atoms with Crippen molar-refractivity contribution in [2.75, 3.05) is 13.2 Å². The van der Waals surface area contributed by atoms with E-state index >= 15 is 0 Å². The Kier molecular flexibility index (Phi) is 4.62. The fourth-order valence-corrected chi connectivity index (χ4v) is 1.32. The number of hydrogen-bond donors (Lipinski definition) is 2. The van der Waals surface area contributed by atoms with Gasteiger partial charge in [-0.05, 0) is 20.3 Å². The Balaban J connectivity index is 2.35. The maximum atomic E-state index is 8.93. The molecule has 4 heteroatoms. The van der Waals surface area contributed by atoms with E-state index in [4.69, 9.17) is 9.84 Å². The quantitative estimate of drug-likeness (QED) is 0.675. The van der Waals surface area contributed by atoms with Crippen LogP contribution in [0.2, 0.25) is 0 Å². The van der Waals surface area contributed by atoms with E-state index in [0.29, 0.717) is 0 Å². The molecule has 0 aliphatic rings. The van der Waals surface area contributed by atoms with Gasteiger partial charge in [-0.3, -0.25) is 0 Å². The lowest BCUT2D eigenvalue weighted by Crippen LogP contribution is -1.97. The van der Waals surface area contributed by atoms with Crippen LogP contribution in [0.3, 0.4) is 0 Å². The summed E-state index contributed by atoms with van der Waals surface area (Å²) in [5.74, 6) is 0.936. The second-order valence-electron chi connectivity index (χ2n) is 3.21. The summed E-state index contributed by atoms with van der Waals surface area (Å²) in [6.07, 6.45) is 1.84. The van der Waals surface area contributed by atoms with Gasteiger partial charge in [0.05, 0.1) is 12.3 Å². The van der Waals surface area contributed by atoms with E-state index in [2.05, 4.69) is 9.97 Å². The highest BCUT2D eigenvalue weighted by atomic mass is 16.5. The van der Waals surface area contributed by atoms with Crippen LogP contribution in [0.15, 0.2) is 0 Å². The Labute approximate surface area is 84.3 Å². The molecule has 14 heavy (non-hydrogen) atoms. The zero-order valence-electron chi connectivity index (χ0n) is 8.84. The van der Waals surface area contributed by atoms with Gasteiger partial charge in [0, 0.05) is 25.3 Å². The number of aryl methyl sites for hydroxylation is 2. The van der Waals surface area contributed by atoms with Gasteiger partial charge in [0.15, 0.2) is 0 Å². The smallest absolute Gasteiger partial charge is 0.106 e. The molecule has 1 rings (SSSR count). The number of imidazole rings is 1. The van der Waals surface area contributed by atoms with Gasteiger partial charge in [-0.1, -0.05) is 0 Å². The van der Waals surface area contributed by atoms with Crippen molar-refractivity contribution in [2.24, 2.45) is 0 Å². The summed E-state index contributed by atoms with van der Waals surface area (Å²) in [5, 5.41) is 8.93. The topological polar surface area (TPSA) is 58.1 Å². The molecular formula is C10H18N2O2. The van der Waals surface area contributed by atoms with Gasteiger partial charge < -0.3 is 14.8 Å². The third-order valence-corrected chi connectivity index (χ3v) is 2.09. The van der Waals surface area contributed by atoms with E-state index in [0.717, 1.165) is 43.3 Å². The summed E-state index contributed by atoms with van der Waals surface area (Å²) < 4.78 is 5.23. The number of aliphatic hydroxyl groups excluding tert-OH is 1. The van der Waals surface area contributed by atoms with Crippen molar-refractivity contribution in [1.82, 2.24) is 9.97 Å². The lowest BCUT2D eigenvalue weighted by atomic mass is 10.3. The average molecular weight is 198 g/mol. The van der Waals surface area contributed by atoms with Crippen LogP contribution in [0.25, 0.3) is 0 Å². The third-order valence-electron chi connectivity index (χ3n) is 2.09. The molecule has 0 amide bonds. The zero-order chi connectivity index (χ0) is 10.4. The van der Waals surface area contributed by atoms with Gasteiger partial charge >= 0.3 is 0 Å². The molecule has 0 aliphatic carbocycles. The van der Waals surface area contributed by atoms with E-state index in [1.54, 1.807) is 0 Å². The van der Waals surface area contributed by atoms with Crippen molar-refractivity contribution < 1.29 is 9.84 Å². The van der Waals surface area contributed by atoms with Crippen LogP contribution in [0.5, 0.6) is 0 Å². The molecule has 0 saturated carbocycles. The first kappa shape index (κ1) is 11.2. The normalized spacial score (nSPS) is 10.8. The van der Waals surface area contributed by atoms with Gasteiger partial charge in [0.25, 0.3) is 0 Å². The van der Waals surface area contributed by atoms with Crippen molar-refractivity contribution in [1.29, 1.82) is 0 Å². The molecule has 1 heterocycles. The van der Waals surface area contributed by atoms with Crippen LogP contribution in [0.4, 0.5) is 0 Å². The minimum Gasteiger partial charge on any atom is -0.390 e. The molecule has 0 saturated heterocycles. The predicted molar refractivity (Wildman–Crippen MR) is 54.1 cm³/mol. The summed E-state index contributed by atoms with van der Waals surface area (Å²) in [5.41, 5.74) is 1.70. The highest BCUT2D eigenvalue weighted by molar-refractivity contribution is 5.11. The molecule has 1 aromatic rings. The first-order chi connectivity index (χ1) is 6.77. The molecular weight excluding hydrogens is 180 g/mol. The SMILES string of the molecule is CCOCCCc1nc(CO)c(C)[nH]1. The van der Waals surface area contributed by atoms with Gasteiger partial charge in [-0.25, -0.2) is 4.98 Å². The predicted octanol–water partition coefficient (Wildman–Crippen LogP) is 1.18. The fraction of sp³-hybridized carbons (Fsp3) is 0.700. The molecule has 0 unspecified atom stereocenters. The molecule has 0 aliphatic heterocycles. The van der Waals surface area contributed by atoms with Crippen molar-refractivity contribution in [3.05, 3.63) is 17.2 Å². The Hall–Kier alpha value is -0.870. The summed E-state index contributed by atoms with van der Waals surface area (Å²) in [6, 6.07) is 0. The molecule has 0 atom stereocenters. The van der Waals surface area contributed by atoms with Crippen LogP contribution in [-0.2, 0) is 17.8 Å². The molecule has 0 spiro atoms. The summed E-state index contributed by atoms with van der Waals surface area (Å²) in [7, 11) is 0. The lowest BCUT2D eigenvalue weighted by Gasteiger charge is -1.98. The first-order valence-corrected chi connectivity index (χ1v) is 5.01. The number of nitrogens with zero attached hydrogens (tertiary/aromatic N) is 1. The number of rotatable bonds is 6. The highest BCUT2D eigenvalue weighted by Gasteiger charge is 2.04. The lowest BCUT2D eigenvalue weighted by molar-refractivity contribution is 0.145. The maximum Gasteiger partial charge on any atom is 0.106 e. The minimum atomic E-state index is 0.00773. The second kappa shape index (κ2) is 5.78. The molecule has 0 aromatic carbocycles. The summed E-state index contributed by atoms with van der Waals surface area (Å²) in [6.45, 7) is 5.45. The minimum absolute atomic E-state index is 0.00773. The number of H-pyrrole nitrogens is 1. The van der Waals surface area contributed by atoms with Crippen LogP contribution in [-0.4, -0.2) is 28.3 Å². The van der Waals surface area contributed by atoms with E-state index in [9.17, 15) is 0 Å². The average Bonchev–Trinajstić information content (AvgIpc) is 2.54. The Morgan fingerprint density at radius 3 is 2.86 bits per heavy atom. The fourth-order valence-electron chi connectivity index (χ4n) is 1.32. The summed E-state index contributed by atoms with van der Waals surface area (Å²) >= 11 is 0. The van der Waals surface area contributed by atoms with Crippen molar-refractivity contribution in [2.45, 2.75) is 33.3 Å². The molecule has 80 valence electrons. The van der Waals surface area contributed by atoms with Gasteiger partial charge in [-0.15, -0.1) is 0 Å². The maximum absolute atomic E-state index is 8.93. The van der Waals surface area contributed by atoms with Crippen molar-refractivity contribution in [3.63, 3.8) is 0 Å². The number of aliphatic hydroxyl groups is 1. The van der Waals surface area contributed by atoms with Crippen molar-refractivity contribution >= 4 is 0 Å². The Morgan fingerprint density at radius 2 is 2.29 bits per heavy atom. The number of aromatic nitrogens is 2. The molecule has 4 nitrogen and oxygen atoms in total.